The molecule has 0 heterocycles. The lowest BCUT2D eigenvalue weighted by molar-refractivity contribution is -0.385. The third-order valence-electron chi connectivity index (χ3n) is 3.76. The predicted molar refractivity (Wildman–Crippen MR) is 80.9 cm³/mol. The lowest BCUT2D eigenvalue weighted by Crippen LogP contribution is -2.49. The Balaban J connectivity index is 3.27. The number of carbonyl (C=O) groups is 1. The highest BCUT2D eigenvalue weighted by Crippen LogP contribution is 2.35. The Morgan fingerprint density at radius 1 is 1.48 bits per heavy atom. The maximum absolute atomic E-state index is 11.4. The van der Waals surface area contributed by atoms with Crippen molar-refractivity contribution in [2.75, 3.05) is 7.05 Å². The predicted octanol–water partition coefficient (Wildman–Crippen LogP) is 3.59. The molecule has 0 aliphatic heterocycles. The van der Waals surface area contributed by atoms with Gasteiger partial charge in [-0.05, 0) is 26.5 Å². The molecule has 0 saturated carbocycles. The maximum atomic E-state index is 11.4. The number of rotatable bonds is 6. The van der Waals surface area contributed by atoms with E-state index >= 15 is 0 Å². The van der Waals surface area contributed by atoms with Gasteiger partial charge in [0.25, 0.3) is 5.69 Å². The van der Waals surface area contributed by atoms with Crippen LogP contribution in [0.15, 0.2) is 12.1 Å². The summed E-state index contributed by atoms with van der Waals surface area (Å²) in [6.07, 6.45) is 0.338. The second kappa shape index (κ2) is 6.60. The van der Waals surface area contributed by atoms with Crippen molar-refractivity contribution in [2.24, 2.45) is 0 Å². The summed E-state index contributed by atoms with van der Waals surface area (Å²) in [4.78, 5) is 23.5. The van der Waals surface area contributed by atoms with E-state index in [1.807, 2.05) is 0 Å². The summed E-state index contributed by atoms with van der Waals surface area (Å²) in [5, 5.41) is 20.7. The van der Waals surface area contributed by atoms with Crippen LogP contribution < -0.4 is 0 Å². The van der Waals surface area contributed by atoms with Crippen LogP contribution in [0.5, 0.6) is 0 Å². The maximum Gasteiger partial charge on any atom is 0.323 e. The minimum absolute atomic E-state index is 0.00630. The normalized spacial score (nSPS) is 14.0. The average molecular weight is 335 g/mol. The number of carboxylic acids is 1. The van der Waals surface area contributed by atoms with Gasteiger partial charge in [-0.15, -0.1) is 0 Å². The number of carboxylic acid groups (broad SMARTS) is 1. The standard InChI is InChI=1S/C13H16Cl2N2O4/c1-4-13(2,12(18)19)16(3)7-8-10(17(20)21)6-5-9(14)11(8)15/h5-6H,4,7H2,1-3H3,(H,18,19). The fraction of sp³-hybridized carbons (Fsp3) is 0.462. The molecule has 0 aromatic heterocycles. The van der Waals surface area contributed by atoms with Crippen molar-refractivity contribution in [3.63, 3.8) is 0 Å². The third-order valence-corrected chi connectivity index (χ3v) is 4.60. The zero-order valence-electron chi connectivity index (χ0n) is 11.9. The van der Waals surface area contributed by atoms with E-state index in [9.17, 15) is 20.0 Å². The van der Waals surface area contributed by atoms with Gasteiger partial charge < -0.3 is 5.11 Å². The summed E-state index contributed by atoms with van der Waals surface area (Å²) in [7, 11) is 1.58. The van der Waals surface area contributed by atoms with Crippen LogP contribution in [0.4, 0.5) is 5.69 Å². The number of hydrogen-bond acceptors (Lipinski definition) is 4. The van der Waals surface area contributed by atoms with Crippen LogP contribution in [0.3, 0.4) is 0 Å². The van der Waals surface area contributed by atoms with E-state index in [-0.39, 0.29) is 27.8 Å². The van der Waals surface area contributed by atoms with E-state index in [4.69, 9.17) is 23.2 Å². The summed E-state index contributed by atoms with van der Waals surface area (Å²) < 4.78 is 0. The molecule has 0 spiro atoms. The molecule has 0 aliphatic carbocycles. The van der Waals surface area contributed by atoms with Crippen LogP contribution in [-0.4, -0.2) is 33.5 Å². The van der Waals surface area contributed by atoms with Gasteiger partial charge in [-0.3, -0.25) is 19.8 Å². The van der Waals surface area contributed by atoms with Crippen molar-refractivity contribution in [1.29, 1.82) is 0 Å². The van der Waals surface area contributed by atoms with E-state index in [1.165, 1.54) is 17.0 Å². The van der Waals surface area contributed by atoms with Gasteiger partial charge in [0.2, 0.25) is 0 Å². The quantitative estimate of drug-likeness (QED) is 0.634. The van der Waals surface area contributed by atoms with Crippen LogP contribution >= 0.6 is 23.2 Å². The number of nitro benzene ring substituents is 1. The molecular weight excluding hydrogens is 319 g/mol. The van der Waals surface area contributed by atoms with E-state index in [0.717, 1.165) is 0 Å². The molecule has 0 fully saturated rings. The molecule has 0 radical (unpaired) electrons. The van der Waals surface area contributed by atoms with Crippen LogP contribution in [0.25, 0.3) is 0 Å². The topological polar surface area (TPSA) is 83.7 Å². The number of nitro groups is 1. The first-order valence-electron chi connectivity index (χ1n) is 6.21. The van der Waals surface area contributed by atoms with Gasteiger partial charge in [0, 0.05) is 12.6 Å². The second-order valence-electron chi connectivity index (χ2n) is 4.90. The molecule has 0 bridgehead atoms. The molecular formula is C13H16Cl2N2O4. The Morgan fingerprint density at radius 3 is 2.48 bits per heavy atom. The van der Waals surface area contributed by atoms with Crippen LogP contribution in [0.2, 0.25) is 10.0 Å². The van der Waals surface area contributed by atoms with E-state index in [1.54, 1.807) is 20.9 Å². The number of hydrogen-bond donors (Lipinski definition) is 1. The van der Waals surface area contributed by atoms with Gasteiger partial charge >= 0.3 is 5.97 Å². The van der Waals surface area contributed by atoms with Crippen LogP contribution in [0, 0.1) is 10.1 Å². The molecule has 8 heteroatoms. The highest BCUT2D eigenvalue weighted by molar-refractivity contribution is 6.42. The summed E-state index contributed by atoms with van der Waals surface area (Å²) >= 11 is 11.9. The number of nitrogens with zero attached hydrogens (tertiary/aromatic N) is 2. The first-order valence-corrected chi connectivity index (χ1v) is 6.96. The largest absolute Gasteiger partial charge is 0.480 e. The molecule has 1 atom stereocenters. The molecule has 1 rings (SSSR count). The monoisotopic (exact) mass is 334 g/mol. The highest BCUT2D eigenvalue weighted by Gasteiger charge is 2.37. The van der Waals surface area contributed by atoms with E-state index in [0.29, 0.717) is 6.42 Å². The molecule has 1 unspecified atom stereocenters. The van der Waals surface area contributed by atoms with Crippen molar-refractivity contribution in [3.8, 4) is 0 Å². The Bertz CT molecular complexity index is 580. The first-order chi connectivity index (χ1) is 9.65. The fourth-order valence-electron chi connectivity index (χ4n) is 1.90. The number of benzene rings is 1. The van der Waals surface area contributed by atoms with Gasteiger partial charge in [0.1, 0.15) is 5.54 Å². The lowest BCUT2D eigenvalue weighted by atomic mass is 9.96. The summed E-state index contributed by atoms with van der Waals surface area (Å²) in [6.45, 7) is 3.30. The third kappa shape index (κ3) is 3.45. The molecule has 0 saturated heterocycles. The molecule has 1 N–H and O–H groups in total. The van der Waals surface area contributed by atoms with Crippen molar-refractivity contribution in [1.82, 2.24) is 4.90 Å². The molecule has 6 nitrogen and oxygen atoms in total. The highest BCUT2D eigenvalue weighted by atomic mass is 35.5. The molecule has 1 aromatic rings. The molecule has 0 amide bonds. The van der Waals surface area contributed by atoms with Crippen molar-refractivity contribution in [2.45, 2.75) is 32.4 Å². The Morgan fingerprint density at radius 2 is 2.05 bits per heavy atom. The van der Waals surface area contributed by atoms with Crippen molar-refractivity contribution >= 4 is 34.9 Å². The smallest absolute Gasteiger partial charge is 0.323 e. The molecule has 1 aromatic carbocycles. The summed E-state index contributed by atoms with van der Waals surface area (Å²) in [5.41, 5.74) is -1.13. The van der Waals surface area contributed by atoms with Gasteiger partial charge in [-0.1, -0.05) is 30.1 Å². The Labute approximate surface area is 132 Å². The van der Waals surface area contributed by atoms with Crippen LogP contribution in [0.1, 0.15) is 25.8 Å². The second-order valence-corrected chi connectivity index (χ2v) is 5.69. The van der Waals surface area contributed by atoms with Crippen molar-refractivity contribution in [3.05, 3.63) is 37.9 Å². The van der Waals surface area contributed by atoms with E-state index < -0.39 is 16.4 Å². The van der Waals surface area contributed by atoms with E-state index in [2.05, 4.69) is 0 Å². The van der Waals surface area contributed by atoms with Crippen molar-refractivity contribution < 1.29 is 14.8 Å². The van der Waals surface area contributed by atoms with Gasteiger partial charge in [-0.25, -0.2) is 0 Å². The van der Waals surface area contributed by atoms with Gasteiger partial charge in [-0.2, -0.15) is 0 Å². The van der Waals surface area contributed by atoms with Gasteiger partial charge in [0.15, 0.2) is 0 Å². The fourth-order valence-corrected chi connectivity index (χ4v) is 2.30. The number of aliphatic carboxylic acids is 1. The molecule has 116 valence electrons. The Kier molecular flexibility index (Phi) is 5.55. The summed E-state index contributed by atoms with van der Waals surface area (Å²) in [6, 6.07) is 2.61. The lowest BCUT2D eigenvalue weighted by Gasteiger charge is -2.34. The first kappa shape index (κ1) is 17.7. The average Bonchev–Trinajstić information content (AvgIpc) is 2.42. The molecule has 21 heavy (non-hydrogen) atoms. The minimum Gasteiger partial charge on any atom is -0.480 e. The zero-order chi connectivity index (χ0) is 16.4. The molecule has 0 aliphatic rings. The zero-order valence-corrected chi connectivity index (χ0v) is 13.4. The number of likely N-dealkylation sites (N-methyl/N-ethyl adjacent to an activating group) is 1. The Hall–Kier alpha value is -1.37. The SMILES string of the molecule is CCC(C)(C(=O)O)N(C)Cc1c([N+](=O)[O-])ccc(Cl)c1Cl. The summed E-state index contributed by atoms with van der Waals surface area (Å²) in [5.74, 6) is -1.01. The minimum atomic E-state index is -1.15. The number of halogens is 2. The van der Waals surface area contributed by atoms with Gasteiger partial charge in [0.05, 0.1) is 20.5 Å². The van der Waals surface area contributed by atoms with Crippen LogP contribution in [-0.2, 0) is 11.3 Å².